The predicted molar refractivity (Wildman–Crippen MR) is 122 cm³/mol. The van der Waals surface area contributed by atoms with Crippen LogP contribution in [0.2, 0.25) is 0 Å². The quantitative estimate of drug-likeness (QED) is 0.540. The summed E-state index contributed by atoms with van der Waals surface area (Å²) in [6.45, 7) is 3.98. The molecule has 2 heterocycles. The fourth-order valence-corrected chi connectivity index (χ4v) is 4.13. The zero-order chi connectivity index (χ0) is 23.6. The number of para-hydroxylation sites is 1. The Kier molecular flexibility index (Phi) is 5.95. The molecule has 4 amide bonds. The SMILES string of the molecule is CC[C@]1(c2ccccc2)NC(=O)N(NC(=O)CCCn2cnc3c(C)cccc3c2=O)C1=O. The second-order valence-corrected chi connectivity index (χ2v) is 8.05. The van der Waals surface area contributed by atoms with E-state index in [-0.39, 0.29) is 18.5 Å². The highest BCUT2D eigenvalue weighted by atomic mass is 16.2. The van der Waals surface area contributed by atoms with E-state index in [0.29, 0.717) is 29.3 Å². The lowest BCUT2D eigenvalue weighted by Crippen LogP contribution is -2.48. The number of hydrogen-bond acceptors (Lipinski definition) is 5. The number of benzene rings is 2. The van der Waals surface area contributed by atoms with Crippen LogP contribution in [0, 0.1) is 6.92 Å². The summed E-state index contributed by atoms with van der Waals surface area (Å²) in [5, 5.41) is 3.99. The standard InChI is InChI=1S/C24H25N5O4/c1-3-24(17-10-5-4-6-11-17)22(32)29(23(33)26-24)27-19(30)13-8-14-28-15-25-20-16(2)9-7-12-18(20)21(28)31/h4-7,9-12,15H,3,8,13-14H2,1-2H3,(H,26,33)(H,27,30)/t24-/m1/s1. The fourth-order valence-electron chi connectivity index (χ4n) is 4.13. The van der Waals surface area contributed by atoms with Crippen LogP contribution >= 0.6 is 0 Å². The molecule has 170 valence electrons. The van der Waals surface area contributed by atoms with Crippen LogP contribution in [0.15, 0.2) is 59.7 Å². The Balaban J connectivity index is 1.40. The molecule has 1 aliphatic rings. The molecular weight excluding hydrogens is 422 g/mol. The van der Waals surface area contributed by atoms with Crippen LogP contribution in [0.4, 0.5) is 4.79 Å². The largest absolute Gasteiger partial charge is 0.344 e. The summed E-state index contributed by atoms with van der Waals surface area (Å²) in [5.74, 6) is -1.02. The van der Waals surface area contributed by atoms with Crippen molar-refractivity contribution < 1.29 is 14.4 Å². The third kappa shape index (κ3) is 3.97. The van der Waals surface area contributed by atoms with Crippen molar-refractivity contribution in [3.05, 3.63) is 76.3 Å². The molecule has 0 aliphatic carbocycles. The monoisotopic (exact) mass is 447 g/mol. The second kappa shape index (κ2) is 8.85. The average molecular weight is 447 g/mol. The van der Waals surface area contributed by atoms with Gasteiger partial charge in [0.15, 0.2) is 0 Å². The molecule has 0 saturated carbocycles. The Bertz CT molecular complexity index is 1290. The van der Waals surface area contributed by atoms with Crippen LogP contribution < -0.4 is 16.3 Å². The summed E-state index contributed by atoms with van der Waals surface area (Å²) in [6, 6.07) is 13.7. The minimum Gasteiger partial charge on any atom is -0.318 e. The number of aryl methyl sites for hydroxylation is 2. The normalized spacial score (nSPS) is 17.9. The Labute approximate surface area is 190 Å². The van der Waals surface area contributed by atoms with Gasteiger partial charge in [0, 0.05) is 13.0 Å². The summed E-state index contributed by atoms with van der Waals surface area (Å²) in [7, 11) is 0. The van der Waals surface area contributed by atoms with E-state index in [1.54, 1.807) is 37.3 Å². The average Bonchev–Trinajstić information content (AvgIpc) is 3.06. The Morgan fingerprint density at radius 1 is 1.09 bits per heavy atom. The lowest BCUT2D eigenvalue weighted by Gasteiger charge is -2.25. The number of aromatic nitrogens is 2. The number of nitrogens with one attached hydrogen (secondary N) is 2. The number of carbonyl (C=O) groups is 3. The van der Waals surface area contributed by atoms with Crippen molar-refractivity contribution in [2.75, 3.05) is 0 Å². The van der Waals surface area contributed by atoms with Gasteiger partial charge in [-0.25, -0.2) is 9.78 Å². The van der Waals surface area contributed by atoms with Crippen LogP contribution in [0.25, 0.3) is 10.9 Å². The number of carbonyl (C=O) groups excluding carboxylic acids is 3. The first-order valence-corrected chi connectivity index (χ1v) is 10.8. The minimum atomic E-state index is -1.21. The van der Waals surface area contributed by atoms with Crippen LogP contribution in [-0.4, -0.2) is 32.4 Å². The van der Waals surface area contributed by atoms with Crippen molar-refractivity contribution >= 4 is 28.7 Å². The number of nitrogens with zero attached hydrogens (tertiary/aromatic N) is 3. The highest BCUT2D eigenvalue weighted by Crippen LogP contribution is 2.31. The molecule has 3 aromatic rings. The highest BCUT2D eigenvalue weighted by Gasteiger charge is 2.52. The van der Waals surface area contributed by atoms with Crippen molar-refractivity contribution in [3.63, 3.8) is 0 Å². The topological polar surface area (TPSA) is 113 Å². The van der Waals surface area contributed by atoms with Gasteiger partial charge in [0.05, 0.1) is 17.2 Å². The molecule has 0 unspecified atom stereocenters. The number of fused-ring (bicyclic) bond motifs is 1. The smallest absolute Gasteiger partial charge is 0.318 e. The van der Waals surface area contributed by atoms with Gasteiger partial charge in [-0.05, 0) is 37.0 Å². The number of amides is 4. The first kappa shape index (κ1) is 22.2. The van der Waals surface area contributed by atoms with E-state index in [0.717, 1.165) is 10.6 Å². The molecular formula is C24H25N5O4. The molecule has 4 rings (SSSR count). The van der Waals surface area contributed by atoms with Gasteiger partial charge in [0.25, 0.3) is 11.5 Å². The number of urea groups is 1. The Morgan fingerprint density at radius 2 is 1.85 bits per heavy atom. The van der Waals surface area contributed by atoms with E-state index in [2.05, 4.69) is 15.7 Å². The fraction of sp³-hybridized carbons (Fsp3) is 0.292. The van der Waals surface area contributed by atoms with Crippen molar-refractivity contribution in [1.82, 2.24) is 25.3 Å². The van der Waals surface area contributed by atoms with Gasteiger partial charge in [-0.2, -0.15) is 5.01 Å². The summed E-state index contributed by atoms with van der Waals surface area (Å²) < 4.78 is 1.46. The molecule has 33 heavy (non-hydrogen) atoms. The van der Waals surface area contributed by atoms with Gasteiger partial charge < -0.3 is 5.32 Å². The first-order valence-electron chi connectivity index (χ1n) is 10.8. The maximum absolute atomic E-state index is 13.1. The van der Waals surface area contributed by atoms with Gasteiger partial charge in [-0.1, -0.05) is 49.4 Å². The molecule has 0 radical (unpaired) electrons. The maximum Gasteiger partial charge on any atom is 0.344 e. The van der Waals surface area contributed by atoms with Gasteiger partial charge in [-0.15, -0.1) is 0 Å². The summed E-state index contributed by atoms with van der Waals surface area (Å²) in [5.41, 5.74) is 3.25. The molecule has 1 atom stereocenters. The molecule has 1 saturated heterocycles. The molecule has 1 aliphatic heterocycles. The molecule has 0 spiro atoms. The molecule has 2 N–H and O–H groups in total. The van der Waals surface area contributed by atoms with Crippen molar-refractivity contribution in [1.29, 1.82) is 0 Å². The Hall–Kier alpha value is -4.01. The molecule has 9 nitrogen and oxygen atoms in total. The van der Waals surface area contributed by atoms with Crippen molar-refractivity contribution in [2.24, 2.45) is 0 Å². The van der Waals surface area contributed by atoms with Crippen LogP contribution in [0.3, 0.4) is 0 Å². The van der Waals surface area contributed by atoms with Gasteiger partial charge >= 0.3 is 6.03 Å². The zero-order valence-electron chi connectivity index (χ0n) is 18.5. The lowest BCUT2D eigenvalue weighted by molar-refractivity contribution is -0.139. The zero-order valence-corrected chi connectivity index (χ0v) is 18.5. The van der Waals surface area contributed by atoms with Crippen LogP contribution in [0.1, 0.15) is 37.3 Å². The summed E-state index contributed by atoms with van der Waals surface area (Å²) in [4.78, 5) is 55.1. The summed E-state index contributed by atoms with van der Waals surface area (Å²) >= 11 is 0. The van der Waals surface area contributed by atoms with Gasteiger partial charge in [0.2, 0.25) is 5.91 Å². The van der Waals surface area contributed by atoms with E-state index in [4.69, 9.17) is 0 Å². The van der Waals surface area contributed by atoms with Crippen molar-refractivity contribution in [2.45, 2.75) is 45.2 Å². The predicted octanol–water partition coefficient (Wildman–Crippen LogP) is 2.37. The number of rotatable bonds is 7. The Morgan fingerprint density at radius 3 is 2.58 bits per heavy atom. The summed E-state index contributed by atoms with van der Waals surface area (Å²) in [6.07, 6.45) is 2.18. The lowest BCUT2D eigenvalue weighted by atomic mass is 9.87. The van der Waals surface area contributed by atoms with E-state index in [1.807, 2.05) is 25.1 Å². The van der Waals surface area contributed by atoms with E-state index in [9.17, 15) is 19.2 Å². The van der Waals surface area contributed by atoms with Gasteiger partial charge in [0.1, 0.15) is 5.54 Å². The molecule has 9 heteroatoms. The molecule has 1 aromatic heterocycles. The van der Waals surface area contributed by atoms with E-state index < -0.39 is 23.4 Å². The first-order chi connectivity index (χ1) is 15.9. The third-order valence-corrected chi connectivity index (χ3v) is 5.98. The number of hydrazine groups is 1. The van der Waals surface area contributed by atoms with Crippen molar-refractivity contribution in [3.8, 4) is 0 Å². The van der Waals surface area contributed by atoms with E-state index >= 15 is 0 Å². The molecule has 2 aromatic carbocycles. The molecule has 0 bridgehead atoms. The molecule has 1 fully saturated rings. The number of hydrogen-bond donors (Lipinski definition) is 2. The highest BCUT2D eigenvalue weighted by molar-refractivity contribution is 6.08. The van der Waals surface area contributed by atoms with Gasteiger partial charge in [-0.3, -0.25) is 24.4 Å². The van der Waals surface area contributed by atoms with Crippen LogP contribution in [0.5, 0.6) is 0 Å². The minimum absolute atomic E-state index is 0.0276. The third-order valence-electron chi connectivity index (χ3n) is 5.98. The number of imide groups is 1. The maximum atomic E-state index is 13.1. The van der Waals surface area contributed by atoms with Crippen LogP contribution in [-0.2, 0) is 21.7 Å². The van der Waals surface area contributed by atoms with E-state index in [1.165, 1.54) is 10.9 Å². The second-order valence-electron chi connectivity index (χ2n) is 8.05.